The summed E-state index contributed by atoms with van der Waals surface area (Å²) in [4.78, 5) is 33.7. The van der Waals surface area contributed by atoms with E-state index in [1.807, 2.05) is 56.8 Å². The summed E-state index contributed by atoms with van der Waals surface area (Å²) in [5.41, 5.74) is 5.74. The highest BCUT2D eigenvalue weighted by atomic mass is 32.2. The summed E-state index contributed by atoms with van der Waals surface area (Å²) in [5, 5.41) is 6.75. The lowest BCUT2D eigenvalue weighted by molar-refractivity contribution is -0.114. The van der Waals surface area contributed by atoms with E-state index in [1.165, 1.54) is 40.4 Å². The highest BCUT2D eigenvalue weighted by Crippen LogP contribution is 2.32. The first-order valence-electron chi connectivity index (χ1n) is 10.6. The summed E-state index contributed by atoms with van der Waals surface area (Å²) < 4.78 is 3.66. The predicted octanol–water partition coefficient (Wildman–Crippen LogP) is 5.42. The number of anilines is 2. The van der Waals surface area contributed by atoms with Gasteiger partial charge >= 0.3 is 0 Å². The molecular formula is C24H25N5O2S3. The lowest BCUT2D eigenvalue weighted by atomic mass is 10.1. The van der Waals surface area contributed by atoms with Gasteiger partial charge in [0.2, 0.25) is 11.8 Å². The van der Waals surface area contributed by atoms with Crippen LogP contribution in [0.2, 0.25) is 0 Å². The van der Waals surface area contributed by atoms with Crippen LogP contribution in [-0.4, -0.2) is 37.9 Å². The van der Waals surface area contributed by atoms with Crippen LogP contribution in [0, 0.1) is 20.8 Å². The molecule has 0 aliphatic rings. The number of rotatable bonds is 8. The zero-order chi connectivity index (χ0) is 24.2. The summed E-state index contributed by atoms with van der Waals surface area (Å²) in [6.07, 6.45) is 3.56. The molecule has 0 saturated carbocycles. The van der Waals surface area contributed by atoms with Crippen molar-refractivity contribution in [3.63, 3.8) is 0 Å². The fraction of sp³-hybridized carbons (Fsp3) is 0.250. The molecule has 7 nitrogen and oxygen atoms in total. The van der Waals surface area contributed by atoms with Gasteiger partial charge in [-0.2, -0.15) is 0 Å². The van der Waals surface area contributed by atoms with Crippen molar-refractivity contribution in [3.05, 3.63) is 59.4 Å². The Hall–Kier alpha value is -2.82. The molecule has 0 spiro atoms. The zero-order valence-electron chi connectivity index (χ0n) is 19.3. The van der Waals surface area contributed by atoms with Gasteiger partial charge in [0.25, 0.3) is 0 Å². The number of nitrogens with one attached hydrogen (secondary N) is 2. The van der Waals surface area contributed by atoms with E-state index < -0.39 is 0 Å². The molecule has 0 bridgehead atoms. The second kappa shape index (κ2) is 10.6. The number of hydrogen-bond donors (Lipinski definition) is 2. The molecule has 2 N–H and O–H groups in total. The van der Waals surface area contributed by atoms with Crippen LogP contribution in [0.25, 0.3) is 10.2 Å². The SMILES string of the molecule is Cc1cc(C)c(NC(=O)CSc2nc3ccc(NC(=O)CSc4nccn4C)cc3s2)c(C)c1. The maximum Gasteiger partial charge on any atom is 0.234 e. The Morgan fingerprint density at radius 1 is 1.00 bits per heavy atom. The lowest BCUT2D eigenvalue weighted by Crippen LogP contribution is -2.15. The van der Waals surface area contributed by atoms with Crippen molar-refractivity contribution in [1.29, 1.82) is 0 Å². The van der Waals surface area contributed by atoms with Gasteiger partial charge in [-0.25, -0.2) is 9.97 Å². The third-order valence-corrected chi connectivity index (χ3v) is 8.25. The first kappa shape index (κ1) is 24.3. The molecule has 0 atom stereocenters. The van der Waals surface area contributed by atoms with Crippen molar-refractivity contribution < 1.29 is 9.59 Å². The van der Waals surface area contributed by atoms with Crippen LogP contribution in [-0.2, 0) is 16.6 Å². The number of amides is 2. The molecule has 4 rings (SSSR count). The largest absolute Gasteiger partial charge is 0.329 e. The molecule has 0 radical (unpaired) electrons. The molecule has 0 saturated heterocycles. The number of thioether (sulfide) groups is 2. The van der Waals surface area contributed by atoms with E-state index in [1.54, 1.807) is 6.20 Å². The van der Waals surface area contributed by atoms with E-state index >= 15 is 0 Å². The van der Waals surface area contributed by atoms with Crippen molar-refractivity contribution in [1.82, 2.24) is 14.5 Å². The molecule has 0 fully saturated rings. The molecule has 2 aromatic carbocycles. The first-order chi connectivity index (χ1) is 16.3. The fourth-order valence-electron chi connectivity index (χ4n) is 3.54. The molecule has 10 heteroatoms. The standard InChI is InChI=1S/C24H25N5O2S3/c1-14-9-15(2)22(16(3)10-14)28-21(31)13-33-24-27-18-6-5-17(11-19(18)34-24)26-20(30)12-32-23-25-7-8-29(23)4/h5-11H,12-13H2,1-4H3,(H,26,30)(H,28,31). The summed E-state index contributed by atoms with van der Waals surface area (Å²) >= 11 is 4.31. The van der Waals surface area contributed by atoms with Crippen molar-refractivity contribution in [2.75, 3.05) is 22.1 Å². The Kier molecular flexibility index (Phi) is 7.60. The van der Waals surface area contributed by atoms with E-state index in [0.717, 1.165) is 42.2 Å². The zero-order valence-corrected chi connectivity index (χ0v) is 21.8. The van der Waals surface area contributed by atoms with Gasteiger partial charge in [-0.15, -0.1) is 11.3 Å². The van der Waals surface area contributed by atoms with E-state index in [2.05, 4.69) is 32.7 Å². The number of aryl methyl sites for hydroxylation is 4. The van der Waals surface area contributed by atoms with Crippen LogP contribution in [0.4, 0.5) is 11.4 Å². The number of imidazole rings is 1. The van der Waals surface area contributed by atoms with Gasteiger partial charge in [-0.1, -0.05) is 41.2 Å². The quantitative estimate of drug-likeness (QED) is 0.307. The number of nitrogens with zero attached hydrogens (tertiary/aromatic N) is 3. The molecule has 176 valence electrons. The van der Waals surface area contributed by atoms with Crippen molar-refractivity contribution in [3.8, 4) is 0 Å². The maximum atomic E-state index is 12.5. The summed E-state index contributed by atoms with van der Waals surface area (Å²) in [6.45, 7) is 6.06. The number of thiazole rings is 1. The molecule has 4 aromatic rings. The van der Waals surface area contributed by atoms with Gasteiger partial charge in [0.1, 0.15) is 0 Å². The van der Waals surface area contributed by atoms with Crippen LogP contribution in [0.3, 0.4) is 0 Å². The second-order valence-electron chi connectivity index (χ2n) is 7.93. The van der Waals surface area contributed by atoms with E-state index in [-0.39, 0.29) is 23.3 Å². The Balaban J connectivity index is 1.33. The highest BCUT2D eigenvalue weighted by Gasteiger charge is 2.12. The number of benzene rings is 2. The smallest absolute Gasteiger partial charge is 0.234 e. The van der Waals surface area contributed by atoms with Crippen LogP contribution in [0.1, 0.15) is 16.7 Å². The maximum absolute atomic E-state index is 12.5. The molecule has 2 heterocycles. The second-order valence-corrected chi connectivity index (χ2v) is 11.1. The highest BCUT2D eigenvalue weighted by molar-refractivity contribution is 8.01. The lowest BCUT2D eigenvalue weighted by Gasteiger charge is -2.12. The predicted molar refractivity (Wildman–Crippen MR) is 142 cm³/mol. The molecule has 0 unspecified atom stereocenters. The summed E-state index contributed by atoms with van der Waals surface area (Å²) in [5.74, 6) is 0.407. The molecule has 0 aliphatic heterocycles. The first-order valence-corrected chi connectivity index (χ1v) is 13.4. The number of carbonyl (C=O) groups excluding carboxylic acids is 2. The fourth-order valence-corrected chi connectivity index (χ4v) is 6.18. The molecule has 34 heavy (non-hydrogen) atoms. The van der Waals surface area contributed by atoms with Gasteiger partial charge in [0, 0.05) is 30.8 Å². The van der Waals surface area contributed by atoms with Crippen molar-refractivity contribution in [2.24, 2.45) is 7.05 Å². The van der Waals surface area contributed by atoms with E-state index in [9.17, 15) is 9.59 Å². The topological polar surface area (TPSA) is 88.9 Å². The third-order valence-electron chi connectivity index (χ3n) is 5.03. The van der Waals surface area contributed by atoms with Crippen LogP contribution >= 0.6 is 34.9 Å². The van der Waals surface area contributed by atoms with Crippen LogP contribution in [0.5, 0.6) is 0 Å². The van der Waals surface area contributed by atoms with Gasteiger partial charge in [0.15, 0.2) is 9.50 Å². The minimum atomic E-state index is -0.0928. The van der Waals surface area contributed by atoms with E-state index in [4.69, 9.17) is 0 Å². The van der Waals surface area contributed by atoms with Crippen LogP contribution < -0.4 is 10.6 Å². The number of carbonyl (C=O) groups is 2. The summed E-state index contributed by atoms with van der Waals surface area (Å²) in [7, 11) is 1.90. The Labute approximate surface area is 210 Å². The van der Waals surface area contributed by atoms with Crippen molar-refractivity contribution >= 4 is 68.3 Å². The normalized spacial score (nSPS) is 11.1. The van der Waals surface area contributed by atoms with E-state index in [0.29, 0.717) is 0 Å². The summed E-state index contributed by atoms with van der Waals surface area (Å²) in [6, 6.07) is 9.78. The molecule has 2 aromatic heterocycles. The van der Waals surface area contributed by atoms with Crippen LogP contribution in [0.15, 0.2) is 52.2 Å². The molecule has 2 amide bonds. The minimum absolute atomic E-state index is 0.0579. The monoisotopic (exact) mass is 511 g/mol. The molecular weight excluding hydrogens is 486 g/mol. The number of hydrogen-bond acceptors (Lipinski definition) is 7. The van der Waals surface area contributed by atoms with Gasteiger partial charge in [-0.3, -0.25) is 9.59 Å². The number of fused-ring (bicyclic) bond motifs is 1. The Morgan fingerprint density at radius 2 is 1.71 bits per heavy atom. The molecule has 0 aliphatic carbocycles. The average Bonchev–Trinajstić information content (AvgIpc) is 3.38. The Morgan fingerprint density at radius 3 is 2.41 bits per heavy atom. The van der Waals surface area contributed by atoms with Gasteiger partial charge in [0.05, 0.1) is 21.7 Å². The minimum Gasteiger partial charge on any atom is -0.329 e. The van der Waals surface area contributed by atoms with Crippen molar-refractivity contribution in [2.45, 2.75) is 30.3 Å². The third kappa shape index (κ3) is 5.99. The van der Waals surface area contributed by atoms with Gasteiger partial charge < -0.3 is 15.2 Å². The van der Waals surface area contributed by atoms with Gasteiger partial charge in [-0.05, 0) is 50.1 Å². The average molecular weight is 512 g/mol. The number of aromatic nitrogens is 3. The Bertz CT molecular complexity index is 1340.